The summed E-state index contributed by atoms with van der Waals surface area (Å²) in [5.74, 6) is -0.292. The summed E-state index contributed by atoms with van der Waals surface area (Å²) >= 11 is 0. The highest BCUT2D eigenvalue weighted by Crippen LogP contribution is 2.18. The fourth-order valence-corrected chi connectivity index (χ4v) is 1.36. The van der Waals surface area contributed by atoms with Gasteiger partial charge in [-0.2, -0.15) is 0 Å². The summed E-state index contributed by atoms with van der Waals surface area (Å²) in [7, 11) is 0. The van der Waals surface area contributed by atoms with Crippen LogP contribution in [0.5, 0.6) is 0 Å². The van der Waals surface area contributed by atoms with Crippen molar-refractivity contribution in [2.24, 2.45) is 11.1 Å². The zero-order valence-corrected chi connectivity index (χ0v) is 10.3. The van der Waals surface area contributed by atoms with Gasteiger partial charge in [-0.1, -0.05) is 20.8 Å². The smallest absolute Gasteiger partial charge is 0.335 e. The molecule has 1 amide bonds. The third-order valence-electron chi connectivity index (χ3n) is 2.55. The average molecular weight is 238 g/mol. The average Bonchev–Trinajstić information content (AvgIpc) is 2.24. The second-order valence-corrected chi connectivity index (χ2v) is 4.97. The van der Waals surface area contributed by atoms with Crippen LogP contribution in [0.2, 0.25) is 0 Å². The molecule has 1 aromatic rings. The maximum atomic E-state index is 11.8. The highest BCUT2D eigenvalue weighted by atomic mass is 16.4. The Morgan fingerprint density at radius 3 is 2.53 bits per heavy atom. The fraction of sp³-hybridized carbons (Fsp3) is 0.500. The Kier molecular flexibility index (Phi) is 4.07. The summed E-state index contributed by atoms with van der Waals surface area (Å²) in [4.78, 5) is 22.6. The minimum Gasteiger partial charge on any atom is -0.430 e. The van der Waals surface area contributed by atoms with Crippen LogP contribution in [-0.2, 0) is 0 Å². The van der Waals surface area contributed by atoms with Crippen molar-refractivity contribution in [1.82, 2.24) is 5.32 Å². The van der Waals surface area contributed by atoms with Gasteiger partial charge in [0, 0.05) is 18.7 Å². The number of hydrogen-bond donors (Lipinski definition) is 2. The molecule has 5 nitrogen and oxygen atoms in total. The fourth-order valence-electron chi connectivity index (χ4n) is 1.36. The Morgan fingerprint density at radius 1 is 1.47 bits per heavy atom. The minimum atomic E-state index is -0.479. The van der Waals surface area contributed by atoms with Crippen molar-refractivity contribution < 1.29 is 9.21 Å². The van der Waals surface area contributed by atoms with Crippen LogP contribution < -0.4 is 16.7 Å². The molecule has 0 aromatic carbocycles. The highest BCUT2D eigenvalue weighted by Gasteiger charge is 2.25. The lowest BCUT2D eigenvalue weighted by atomic mass is 9.86. The third kappa shape index (κ3) is 3.71. The molecule has 0 aliphatic rings. The highest BCUT2D eigenvalue weighted by molar-refractivity contribution is 5.93. The van der Waals surface area contributed by atoms with E-state index in [2.05, 4.69) is 9.73 Å². The molecule has 1 heterocycles. The van der Waals surface area contributed by atoms with Gasteiger partial charge in [-0.3, -0.25) is 4.79 Å². The predicted octanol–water partition coefficient (Wildman–Crippen LogP) is 0.743. The van der Waals surface area contributed by atoms with E-state index in [4.69, 9.17) is 5.73 Å². The predicted molar refractivity (Wildman–Crippen MR) is 64.7 cm³/mol. The number of amides is 1. The second-order valence-electron chi connectivity index (χ2n) is 4.97. The molecule has 0 saturated carbocycles. The van der Waals surface area contributed by atoms with E-state index in [1.54, 1.807) is 0 Å². The molecular weight excluding hydrogens is 220 g/mol. The first kappa shape index (κ1) is 13.4. The van der Waals surface area contributed by atoms with Crippen LogP contribution in [0.25, 0.3) is 0 Å². The van der Waals surface area contributed by atoms with Crippen molar-refractivity contribution in [3.63, 3.8) is 0 Å². The lowest BCUT2D eigenvalue weighted by Gasteiger charge is -2.30. The Balaban J connectivity index is 2.78. The van der Waals surface area contributed by atoms with Crippen LogP contribution >= 0.6 is 0 Å². The maximum Gasteiger partial charge on any atom is 0.335 e. The Morgan fingerprint density at radius 2 is 2.12 bits per heavy atom. The molecule has 17 heavy (non-hydrogen) atoms. The summed E-state index contributed by atoms with van der Waals surface area (Å²) in [6.07, 6.45) is 1.15. The molecule has 0 spiro atoms. The molecule has 0 saturated heterocycles. The van der Waals surface area contributed by atoms with Gasteiger partial charge in [-0.15, -0.1) is 0 Å². The van der Waals surface area contributed by atoms with Crippen molar-refractivity contribution in [1.29, 1.82) is 0 Å². The van der Waals surface area contributed by atoms with E-state index in [0.717, 1.165) is 6.26 Å². The van der Waals surface area contributed by atoms with Gasteiger partial charge in [0.15, 0.2) is 0 Å². The number of rotatable bonds is 3. The quantitative estimate of drug-likeness (QED) is 0.813. The van der Waals surface area contributed by atoms with Crippen LogP contribution in [0.1, 0.15) is 31.1 Å². The van der Waals surface area contributed by atoms with Crippen molar-refractivity contribution in [2.75, 3.05) is 6.54 Å². The van der Waals surface area contributed by atoms with Gasteiger partial charge >= 0.3 is 5.63 Å². The molecule has 0 fully saturated rings. The van der Waals surface area contributed by atoms with Crippen LogP contribution in [0.3, 0.4) is 0 Å². The molecule has 0 aliphatic heterocycles. The standard InChI is InChI=1S/C12H18N2O3/c1-12(2,3)9(6-13)14-11(16)8-4-5-10(15)17-7-8/h4-5,7,9H,6,13H2,1-3H3,(H,14,16). The zero-order valence-electron chi connectivity index (χ0n) is 10.3. The first-order valence-corrected chi connectivity index (χ1v) is 5.44. The van der Waals surface area contributed by atoms with Crippen LogP contribution in [0.15, 0.2) is 27.6 Å². The first-order valence-electron chi connectivity index (χ1n) is 5.44. The number of carbonyl (C=O) groups excluding carboxylic acids is 1. The van der Waals surface area contributed by atoms with E-state index in [9.17, 15) is 9.59 Å². The van der Waals surface area contributed by atoms with Crippen LogP contribution in [0.4, 0.5) is 0 Å². The van der Waals surface area contributed by atoms with E-state index in [1.165, 1.54) is 12.1 Å². The molecule has 1 atom stereocenters. The Hall–Kier alpha value is -1.62. The minimum absolute atomic E-state index is 0.125. The van der Waals surface area contributed by atoms with Crippen molar-refractivity contribution in [2.45, 2.75) is 26.8 Å². The lowest BCUT2D eigenvalue weighted by Crippen LogP contribution is -2.48. The molecule has 0 radical (unpaired) electrons. The van der Waals surface area contributed by atoms with Crippen LogP contribution in [0, 0.1) is 5.41 Å². The molecule has 1 aromatic heterocycles. The summed E-state index contributed by atoms with van der Waals surface area (Å²) in [5, 5.41) is 2.82. The van der Waals surface area contributed by atoms with Gasteiger partial charge in [-0.05, 0) is 11.5 Å². The second kappa shape index (κ2) is 5.14. The van der Waals surface area contributed by atoms with E-state index < -0.39 is 5.63 Å². The molecular formula is C12H18N2O3. The lowest BCUT2D eigenvalue weighted by molar-refractivity contribution is 0.0903. The molecule has 0 bridgehead atoms. The number of nitrogens with one attached hydrogen (secondary N) is 1. The third-order valence-corrected chi connectivity index (χ3v) is 2.55. The Labute approximate surface area is 100 Å². The molecule has 1 rings (SSSR count). The Bertz CT molecular complexity index is 425. The van der Waals surface area contributed by atoms with Gasteiger partial charge in [0.05, 0.1) is 5.56 Å². The molecule has 94 valence electrons. The number of carbonyl (C=O) groups is 1. The van der Waals surface area contributed by atoms with E-state index in [0.29, 0.717) is 12.1 Å². The van der Waals surface area contributed by atoms with E-state index >= 15 is 0 Å². The van der Waals surface area contributed by atoms with Gasteiger partial charge in [0.2, 0.25) is 0 Å². The van der Waals surface area contributed by atoms with Crippen molar-refractivity contribution in [3.8, 4) is 0 Å². The van der Waals surface area contributed by atoms with E-state index in [1.807, 2.05) is 20.8 Å². The SMILES string of the molecule is CC(C)(C)C(CN)NC(=O)c1ccc(=O)oc1. The maximum absolute atomic E-state index is 11.8. The molecule has 1 unspecified atom stereocenters. The summed E-state index contributed by atoms with van der Waals surface area (Å²) in [6.45, 7) is 6.34. The van der Waals surface area contributed by atoms with Gasteiger partial charge in [0.1, 0.15) is 6.26 Å². The molecule has 3 N–H and O–H groups in total. The zero-order chi connectivity index (χ0) is 13.1. The number of nitrogens with two attached hydrogens (primary N) is 1. The summed E-state index contributed by atoms with van der Waals surface area (Å²) < 4.78 is 4.63. The van der Waals surface area contributed by atoms with Gasteiger partial charge < -0.3 is 15.5 Å². The van der Waals surface area contributed by atoms with Crippen molar-refractivity contribution >= 4 is 5.91 Å². The monoisotopic (exact) mass is 238 g/mol. The first-order chi connectivity index (χ1) is 7.84. The summed E-state index contributed by atoms with van der Waals surface area (Å²) in [6, 6.07) is 2.50. The van der Waals surface area contributed by atoms with Crippen LogP contribution in [-0.4, -0.2) is 18.5 Å². The largest absolute Gasteiger partial charge is 0.430 e. The van der Waals surface area contributed by atoms with Crippen molar-refractivity contribution in [3.05, 3.63) is 34.4 Å². The topological polar surface area (TPSA) is 85.3 Å². The molecule has 0 aliphatic carbocycles. The normalized spacial score (nSPS) is 13.2. The van der Waals surface area contributed by atoms with Gasteiger partial charge in [0.25, 0.3) is 5.91 Å². The molecule has 5 heteroatoms. The van der Waals surface area contributed by atoms with Gasteiger partial charge in [-0.25, -0.2) is 4.79 Å². The number of hydrogen-bond acceptors (Lipinski definition) is 4. The summed E-state index contributed by atoms with van der Waals surface area (Å²) in [5.41, 5.74) is 5.33. The van der Waals surface area contributed by atoms with E-state index in [-0.39, 0.29) is 17.4 Å².